The number of hydrogen-bond acceptors (Lipinski definition) is 6. The molecule has 0 bridgehead atoms. The minimum atomic E-state index is -0.324. The van der Waals surface area contributed by atoms with Crippen LogP contribution in [0.25, 0.3) is 22.1 Å². The van der Waals surface area contributed by atoms with Crippen molar-refractivity contribution >= 4 is 11.0 Å². The highest BCUT2D eigenvalue weighted by atomic mass is 19.1. The summed E-state index contributed by atoms with van der Waals surface area (Å²) in [7, 11) is 0. The van der Waals surface area contributed by atoms with Crippen LogP contribution in [0.5, 0.6) is 5.75 Å². The Morgan fingerprint density at radius 2 is 1.94 bits per heavy atom. The molecule has 3 heterocycles. The molecule has 170 valence electrons. The molecule has 0 atom stereocenters. The van der Waals surface area contributed by atoms with E-state index in [1.807, 2.05) is 6.07 Å². The van der Waals surface area contributed by atoms with Gasteiger partial charge in [0.05, 0.1) is 29.5 Å². The number of phenolic OH excluding ortho intramolecular Hbond substituents is 1. The van der Waals surface area contributed by atoms with Gasteiger partial charge in [-0.1, -0.05) is 35.5 Å². The van der Waals surface area contributed by atoms with Crippen LogP contribution in [0.1, 0.15) is 22.5 Å². The fourth-order valence-electron chi connectivity index (χ4n) is 4.22. The van der Waals surface area contributed by atoms with Gasteiger partial charge in [0, 0.05) is 29.0 Å². The normalized spacial score (nSPS) is 11.2. The van der Waals surface area contributed by atoms with Crippen molar-refractivity contribution in [3.8, 4) is 16.9 Å². The molecule has 0 radical (unpaired) electrons. The Labute approximate surface area is 194 Å². The van der Waals surface area contributed by atoms with Crippen molar-refractivity contribution in [1.29, 1.82) is 0 Å². The summed E-state index contributed by atoms with van der Waals surface area (Å²) in [6.07, 6.45) is 3.97. The Morgan fingerprint density at radius 3 is 2.76 bits per heavy atom. The molecule has 0 amide bonds. The number of rotatable bonds is 6. The Balaban J connectivity index is 1.62. The van der Waals surface area contributed by atoms with Crippen LogP contribution in [0.4, 0.5) is 4.39 Å². The predicted molar refractivity (Wildman–Crippen MR) is 125 cm³/mol. The molecular weight excluding hydrogens is 435 g/mol. The topological polar surface area (TPSA) is 94.0 Å². The van der Waals surface area contributed by atoms with Crippen LogP contribution >= 0.6 is 0 Å². The number of pyridine rings is 1. The van der Waals surface area contributed by atoms with Gasteiger partial charge in [-0.2, -0.15) is 5.10 Å². The average Bonchev–Trinajstić information content (AvgIpc) is 3.31. The first-order valence-electron chi connectivity index (χ1n) is 10.8. The van der Waals surface area contributed by atoms with Crippen molar-refractivity contribution in [2.24, 2.45) is 0 Å². The number of hydrogen-bond donors (Lipinski definition) is 1. The largest absolute Gasteiger partial charge is 0.507 e. The fourth-order valence-corrected chi connectivity index (χ4v) is 4.22. The van der Waals surface area contributed by atoms with Gasteiger partial charge in [-0.3, -0.25) is 9.78 Å². The van der Waals surface area contributed by atoms with Gasteiger partial charge in [-0.05, 0) is 43.5 Å². The van der Waals surface area contributed by atoms with Crippen LogP contribution in [0.15, 0.2) is 76.3 Å². The number of nitrogens with zero attached hydrogens (tertiary/aromatic N) is 4. The third-order valence-corrected chi connectivity index (χ3v) is 5.82. The lowest BCUT2D eigenvalue weighted by atomic mass is 9.94. The number of aromatic hydroxyl groups is 1. The molecule has 5 rings (SSSR count). The van der Waals surface area contributed by atoms with Crippen LogP contribution in [0.2, 0.25) is 0 Å². The molecule has 0 aliphatic heterocycles. The summed E-state index contributed by atoms with van der Waals surface area (Å²) in [5.41, 5.74) is 3.88. The van der Waals surface area contributed by atoms with Crippen molar-refractivity contribution in [1.82, 2.24) is 19.9 Å². The van der Waals surface area contributed by atoms with E-state index in [1.165, 1.54) is 16.8 Å². The number of benzene rings is 2. The van der Waals surface area contributed by atoms with Crippen molar-refractivity contribution in [3.05, 3.63) is 106 Å². The highest BCUT2D eigenvalue weighted by Crippen LogP contribution is 2.32. The minimum absolute atomic E-state index is 0.0625. The molecule has 34 heavy (non-hydrogen) atoms. The maximum Gasteiger partial charge on any atom is 0.270 e. The SMILES string of the molecule is Cc1nn(Cc2nccc3oncc23)c(=O)c(CCc2cccc(F)c2)c1-c1ccccc1O. The van der Waals surface area contributed by atoms with E-state index < -0.39 is 0 Å². The van der Waals surface area contributed by atoms with Crippen LogP contribution in [-0.4, -0.2) is 25.0 Å². The van der Waals surface area contributed by atoms with Crippen molar-refractivity contribution in [3.63, 3.8) is 0 Å². The molecule has 0 aliphatic carbocycles. The second kappa shape index (κ2) is 8.90. The number of aryl methyl sites for hydroxylation is 2. The first kappa shape index (κ1) is 21.5. The number of aromatic nitrogens is 4. The van der Waals surface area contributed by atoms with Crippen LogP contribution in [-0.2, 0) is 19.4 Å². The van der Waals surface area contributed by atoms with E-state index >= 15 is 0 Å². The van der Waals surface area contributed by atoms with Gasteiger partial charge < -0.3 is 9.63 Å². The highest BCUT2D eigenvalue weighted by Gasteiger charge is 2.20. The van der Waals surface area contributed by atoms with Crippen LogP contribution < -0.4 is 5.56 Å². The smallest absolute Gasteiger partial charge is 0.270 e. The van der Waals surface area contributed by atoms with Gasteiger partial charge in [0.1, 0.15) is 11.6 Å². The first-order valence-corrected chi connectivity index (χ1v) is 10.8. The Bertz CT molecular complexity index is 1560. The lowest BCUT2D eigenvalue weighted by molar-refractivity contribution is 0.456. The van der Waals surface area contributed by atoms with E-state index in [9.17, 15) is 14.3 Å². The molecule has 5 aromatic rings. The zero-order chi connectivity index (χ0) is 23.7. The molecule has 7 nitrogen and oxygen atoms in total. The third-order valence-electron chi connectivity index (χ3n) is 5.82. The highest BCUT2D eigenvalue weighted by molar-refractivity contribution is 5.78. The molecule has 8 heteroatoms. The zero-order valence-corrected chi connectivity index (χ0v) is 18.4. The zero-order valence-electron chi connectivity index (χ0n) is 18.4. The lowest BCUT2D eigenvalue weighted by Crippen LogP contribution is -2.29. The average molecular weight is 456 g/mol. The van der Waals surface area contributed by atoms with Gasteiger partial charge >= 0.3 is 0 Å². The molecule has 0 unspecified atom stereocenters. The molecule has 2 aromatic carbocycles. The molecule has 0 saturated heterocycles. The molecule has 0 fully saturated rings. The summed E-state index contributed by atoms with van der Waals surface area (Å²) in [6.45, 7) is 1.93. The second-order valence-corrected chi connectivity index (χ2v) is 8.04. The maximum atomic E-state index is 13.7. The molecule has 3 aromatic heterocycles. The van der Waals surface area contributed by atoms with E-state index in [4.69, 9.17) is 4.52 Å². The van der Waals surface area contributed by atoms with Gasteiger partial charge in [-0.25, -0.2) is 9.07 Å². The fraction of sp³-hybridized carbons (Fsp3) is 0.154. The lowest BCUT2D eigenvalue weighted by Gasteiger charge is -2.16. The summed E-state index contributed by atoms with van der Waals surface area (Å²) in [5.74, 6) is -0.262. The summed E-state index contributed by atoms with van der Waals surface area (Å²) < 4.78 is 20.3. The van der Waals surface area contributed by atoms with Gasteiger partial charge in [0.15, 0.2) is 5.58 Å². The number of para-hydroxylation sites is 1. The van der Waals surface area contributed by atoms with Gasteiger partial charge in [0.25, 0.3) is 5.56 Å². The quantitative estimate of drug-likeness (QED) is 0.406. The Morgan fingerprint density at radius 1 is 1.09 bits per heavy atom. The summed E-state index contributed by atoms with van der Waals surface area (Å²) in [4.78, 5) is 18.1. The molecular formula is C26H21FN4O3. The van der Waals surface area contributed by atoms with E-state index in [0.29, 0.717) is 51.9 Å². The summed E-state index contributed by atoms with van der Waals surface area (Å²) in [6, 6.07) is 14.9. The van der Waals surface area contributed by atoms with Crippen molar-refractivity contribution < 1.29 is 14.0 Å². The van der Waals surface area contributed by atoms with Crippen molar-refractivity contribution in [2.75, 3.05) is 0 Å². The van der Waals surface area contributed by atoms with Gasteiger partial charge in [0.2, 0.25) is 0 Å². The van der Waals surface area contributed by atoms with Crippen molar-refractivity contribution in [2.45, 2.75) is 26.3 Å². The number of fused-ring (bicyclic) bond motifs is 1. The standard InChI is InChI=1S/C26H21FN4O3/c1-16-25(19-7-2-3-8-23(19)32)20(10-9-17-5-4-6-18(27)13-17)26(33)31(30-16)15-22-21-14-29-34-24(21)11-12-28-22/h2-8,11-14,32H,9-10,15H2,1H3. The number of phenols is 1. The Kier molecular flexibility index (Phi) is 5.63. The minimum Gasteiger partial charge on any atom is -0.507 e. The second-order valence-electron chi connectivity index (χ2n) is 8.04. The van der Waals surface area contributed by atoms with Crippen LogP contribution in [0, 0.1) is 12.7 Å². The van der Waals surface area contributed by atoms with Gasteiger partial charge in [-0.15, -0.1) is 0 Å². The molecule has 0 spiro atoms. The number of halogens is 1. The Hall–Kier alpha value is -4.33. The van der Waals surface area contributed by atoms with E-state index in [1.54, 1.807) is 55.7 Å². The van der Waals surface area contributed by atoms with E-state index in [-0.39, 0.29) is 23.7 Å². The van der Waals surface area contributed by atoms with E-state index in [0.717, 1.165) is 5.56 Å². The summed E-state index contributed by atoms with van der Waals surface area (Å²) >= 11 is 0. The summed E-state index contributed by atoms with van der Waals surface area (Å²) in [5, 5.41) is 19.6. The maximum absolute atomic E-state index is 13.7. The first-order chi connectivity index (χ1) is 16.5. The van der Waals surface area contributed by atoms with Crippen LogP contribution in [0.3, 0.4) is 0 Å². The molecule has 0 aliphatic rings. The molecule has 1 N–H and O–H groups in total. The third kappa shape index (κ3) is 4.05. The van der Waals surface area contributed by atoms with E-state index in [2.05, 4.69) is 15.2 Å². The predicted octanol–water partition coefficient (Wildman–Crippen LogP) is 4.43. The monoisotopic (exact) mass is 456 g/mol. The molecule has 0 saturated carbocycles.